The Morgan fingerprint density at radius 2 is 2.21 bits per heavy atom. The number of morpholine rings is 1. The van der Waals surface area contributed by atoms with Crippen molar-refractivity contribution in [1.29, 1.82) is 0 Å². The van der Waals surface area contributed by atoms with Gasteiger partial charge in [-0.1, -0.05) is 30.2 Å². The smallest absolute Gasteiger partial charge is 0.138 e. The van der Waals surface area contributed by atoms with E-state index in [-0.39, 0.29) is 18.5 Å². The van der Waals surface area contributed by atoms with Gasteiger partial charge in [0.2, 0.25) is 0 Å². The van der Waals surface area contributed by atoms with Crippen LogP contribution in [0.15, 0.2) is 24.3 Å². The predicted molar refractivity (Wildman–Crippen MR) is 101 cm³/mol. The zero-order chi connectivity index (χ0) is 16.1. The molecular weight excluding hydrogens is 347 g/mol. The number of hydrogen-bond acceptors (Lipinski definition) is 4. The number of benzene rings is 1. The maximum atomic E-state index is 6.15. The van der Waals surface area contributed by atoms with Gasteiger partial charge >= 0.3 is 0 Å². The predicted octanol–water partition coefficient (Wildman–Crippen LogP) is 3.28. The van der Waals surface area contributed by atoms with Crippen LogP contribution in [0.5, 0.6) is 5.75 Å². The summed E-state index contributed by atoms with van der Waals surface area (Å²) in [4.78, 5) is 0. The summed E-state index contributed by atoms with van der Waals surface area (Å²) in [5.74, 6) is 1.41. The molecule has 1 aromatic carbocycles. The molecule has 1 saturated carbocycles. The molecule has 2 N–H and O–H groups in total. The Kier molecular flexibility index (Phi) is 8.11. The quantitative estimate of drug-likeness (QED) is 0.801. The maximum absolute atomic E-state index is 6.15. The lowest BCUT2D eigenvalue weighted by molar-refractivity contribution is 0.0518. The molecule has 24 heavy (non-hydrogen) atoms. The van der Waals surface area contributed by atoms with Crippen molar-refractivity contribution < 1.29 is 9.47 Å². The first-order chi connectivity index (χ1) is 11.2. The van der Waals surface area contributed by atoms with Crippen LogP contribution in [-0.4, -0.2) is 44.5 Å². The van der Waals surface area contributed by atoms with Crippen molar-refractivity contribution in [3.63, 3.8) is 0 Å². The normalized spacial score (nSPS) is 28.2. The lowest BCUT2D eigenvalue weighted by atomic mass is 9.94. The van der Waals surface area contributed by atoms with Gasteiger partial charge in [0.25, 0.3) is 0 Å². The molecule has 4 atom stereocenters. The highest BCUT2D eigenvalue weighted by atomic mass is 35.5. The summed E-state index contributed by atoms with van der Waals surface area (Å²) >= 11 is 6.15. The minimum atomic E-state index is 0. The summed E-state index contributed by atoms with van der Waals surface area (Å²) in [5.41, 5.74) is 0. The number of hydrogen-bond donors (Lipinski definition) is 2. The van der Waals surface area contributed by atoms with Crippen molar-refractivity contribution in [3.05, 3.63) is 29.3 Å². The lowest BCUT2D eigenvalue weighted by Crippen LogP contribution is -2.51. The first-order valence-electron chi connectivity index (χ1n) is 8.69. The minimum Gasteiger partial charge on any atom is -0.488 e. The summed E-state index contributed by atoms with van der Waals surface area (Å²) in [6.07, 6.45) is 3.90. The van der Waals surface area contributed by atoms with Crippen LogP contribution in [0, 0.1) is 5.92 Å². The Morgan fingerprint density at radius 1 is 1.38 bits per heavy atom. The summed E-state index contributed by atoms with van der Waals surface area (Å²) in [6, 6.07) is 8.68. The Balaban J connectivity index is 0.00000208. The molecule has 0 bridgehead atoms. The van der Waals surface area contributed by atoms with Gasteiger partial charge in [-0.3, -0.25) is 0 Å². The Labute approximate surface area is 156 Å². The fourth-order valence-electron chi connectivity index (χ4n) is 3.70. The second-order valence-corrected chi connectivity index (χ2v) is 7.01. The topological polar surface area (TPSA) is 42.5 Å². The molecule has 2 fully saturated rings. The lowest BCUT2D eigenvalue weighted by Gasteiger charge is -2.33. The molecule has 4 nitrogen and oxygen atoms in total. The molecular formula is C18H28Cl2N2O2. The van der Waals surface area contributed by atoms with E-state index in [1.165, 1.54) is 19.3 Å². The van der Waals surface area contributed by atoms with Crippen LogP contribution in [0.4, 0.5) is 0 Å². The molecule has 0 aromatic heterocycles. The van der Waals surface area contributed by atoms with E-state index in [1.807, 2.05) is 24.3 Å². The molecule has 136 valence electrons. The molecule has 0 amide bonds. The van der Waals surface area contributed by atoms with Gasteiger partial charge in [-0.05, 0) is 37.8 Å². The average Bonchev–Trinajstić information content (AvgIpc) is 3.04. The van der Waals surface area contributed by atoms with Gasteiger partial charge in [-0.2, -0.15) is 0 Å². The number of para-hydroxylation sites is 1. The third kappa shape index (κ3) is 5.24. The summed E-state index contributed by atoms with van der Waals surface area (Å²) in [7, 11) is 0. The van der Waals surface area contributed by atoms with Crippen LogP contribution in [-0.2, 0) is 4.74 Å². The van der Waals surface area contributed by atoms with Crippen molar-refractivity contribution in [2.75, 3.05) is 26.3 Å². The Bertz CT molecular complexity index is 498. The maximum Gasteiger partial charge on any atom is 0.138 e. The van der Waals surface area contributed by atoms with E-state index in [1.54, 1.807) is 0 Å². The van der Waals surface area contributed by atoms with E-state index < -0.39 is 0 Å². The minimum absolute atomic E-state index is 0. The van der Waals surface area contributed by atoms with E-state index in [9.17, 15) is 0 Å². The van der Waals surface area contributed by atoms with Gasteiger partial charge in [0.1, 0.15) is 11.9 Å². The van der Waals surface area contributed by atoms with E-state index in [4.69, 9.17) is 21.1 Å². The third-order valence-corrected chi connectivity index (χ3v) is 5.18. The molecule has 1 saturated heterocycles. The highest BCUT2D eigenvalue weighted by Crippen LogP contribution is 2.29. The number of rotatable bonds is 6. The molecule has 4 unspecified atom stereocenters. The molecule has 0 radical (unpaired) electrons. The first-order valence-corrected chi connectivity index (χ1v) is 9.07. The fraction of sp³-hybridized carbons (Fsp3) is 0.667. The highest BCUT2D eigenvalue weighted by molar-refractivity contribution is 6.32. The molecule has 0 spiro atoms. The van der Waals surface area contributed by atoms with E-state index in [0.717, 1.165) is 32.1 Å². The second-order valence-electron chi connectivity index (χ2n) is 6.60. The second kappa shape index (κ2) is 9.83. The molecule has 6 heteroatoms. The summed E-state index contributed by atoms with van der Waals surface area (Å²) < 4.78 is 11.6. The van der Waals surface area contributed by atoms with Crippen LogP contribution < -0.4 is 15.4 Å². The van der Waals surface area contributed by atoms with Gasteiger partial charge in [0, 0.05) is 25.2 Å². The van der Waals surface area contributed by atoms with Gasteiger partial charge in [-0.25, -0.2) is 0 Å². The van der Waals surface area contributed by atoms with Gasteiger partial charge in [-0.15, -0.1) is 12.4 Å². The first kappa shape index (κ1) is 19.8. The molecule has 2 aliphatic rings. The summed E-state index contributed by atoms with van der Waals surface area (Å²) in [5, 5.41) is 7.99. The number of halogens is 2. The standard InChI is InChI=1S/C18H27ClN2O2.ClH/c1-13(23-18-8-3-2-6-15(18)19)11-21-16-7-4-5-14(16)17-12-22-10-9-20-17;/h2-3,6,8,13-14,16-17,20-21H,4-5,7,9-12H2,1H3;1H. The SMILES string of the molecule is CC(CNC1CCCC1C1COCCN1)Oc1ccccc1Cl.Cl. The van der Waals surface area contributed by atoms with E-state index in [2.05, 4.69) is 17.6 Å². The van der Waals surface area contributed by atoms with E-state index in [0.29, 0.717) is 23.0 Å². The Hall–Kier alpha value is -0.520. The van der Waals surface area contributed by atoms with Crippen molar-refractivity contribution in [2.24, 2.45) is 5.92 Å². The van der Waals surface area contributed by atoms with Crippen LogP contribution in [0.25, 0.3) is 0 Å². The summed E-state index contributed by atoms with van der Waals surface area (Å²) in [6.45, 7) is 5.57. The monoisotopic (exact) mass is 374 g/mol. The van der Waals surface area contributed by atoms with Gasteiger partial charge in [0.05, 0.1) is 18.2 Å². The van der Waals surface area contributed by atoms with Crippen molar-refractivity contribution in [1.82, 2.24) is 10.6 Å². The van der Waals surface area contributed by atoms with E-state index >= 15 is 0 Å². The zero-order valence-corrected chi connectivity index (χ0v) is 15.7. The Morgan fingerprint density at radius 3 is 2.96 bits per heavy atom. The molecule has 1 aromatic rings. The van der Waals surface area contributed by atoms with Crippen LogP contribution in [0.2, 0.25) is 5.02 Å². The van der Waals surface area contributed by atoms with Crippen molar-refractivity contribution in [3.8, 4) is 5.75 Å². The largest absolute Gasteiger partial charge is 0.488 e. The van der Waals surface area contributed by atoms with Gasteiger partial charge in [0.15, 0.2) is 0 Å². The van der Waals surface area contributed by atoms with Crippen LogP contribution in [0.1, 0.15) is 26.2 Å². The van der Waals surface area contributed by atoms with Crippen LogP contribution in [0.3, 0.4) is 0 Å². The third-order valence-electron chi connectivity index (χ3n) is 4.87. The van der Waals surface area contributed by atoms with Crippen molar-refractivity contribution >= 4 is 24.0 Å². The molecule has 1 aliphatic carbocycles. The number of ether oxygens (including phenoxy) is 2. The van der Waals surface area contributed by atoms with Crippen molar-refractivity contribution in [2.45, 2.75) is 44.4 Å². The molecule has 3 rings (SSSR count). The zero-order valence-electron chi connectivity index (χ0n) is 14.2. The molecule has 1 aliphatic heterocycles. The highest BCUT2D eigenvalue weighted by Gasteiger charge is 2.34. The van der Waals surface area contributed by atoms with Crippen LogP contribution >= 0.6 is 24.0 Å². The van der Waals surface area contributed by atoms with Gasteiger partial charge < -0.3 is 20.1 Å². The number of nitrogens with one attached hydrogen (secondary N) is 2. The molecule has 1 heterocycles. The fourth-order valence-corrected chi connectivity index (χ4v) is 3.88. The average molecular weight is 375 g/mol.